The molecule has 0 aliphatic heterocycles. The fourth-order valence-electron chi connectivity index (χ4n) is 2.24. The summed E-state index contributed by atoms with van der Waals surface area (Å²) in [5.41, 5.74) is 0. The van der Waals surface area contributed by atoms with E-state index >= 15 is 0 Å². The molecule has 90 valence electrons. The van der Waals surface area contributed by atoms with Crippen LogP contribution in [0.2, 0.25) is 0 Å². The predicted molar refractivity (Wildman–Crippen MR) is 68.4 cm³/mol. The number of rotatable bonds is 6. The molecule has 1 aliphatic carbocycles. The number of nitrogens with zero attached hydrogens (tertiary/aromatic N) is 1. The van der Waals surface area contributed by atoms with Gasteiger partial charge >= 0.3 is 0 Å². The molecular weight excluding hydrogens is 206 g/mol. The van der Waals surface area contributed by atoms with Crippen molar-refractivity contribution in [3.05, 3.63) is 0 Å². The van der Waals surface area contributed by atoms with Crippen LogP contribution in [0.5, 0.6) is 0 Å². The van der Waals surface area contributed by atoms with Crippen LogP contribution in [0.15, 0.2) is 0 Å². The summed E-state index contributed by atoms with van der Waals surface area (Å²) in [7, 11) is 2.18. The summed E-state index contributed by atoms with van der Waals surface area (Å²) >= 11 is 4.40. The molecule has 1 aliphatic rings. The van der Waals surface area contributed by atoms with Gasteiger partial charge in [0.05, 0.1) is 6.10 Å². The van der Waals surface area contributed by atoms with Crippen LogP contribution in [-0.2, 0) is 0 Å². The molecule has 3 heteroatoms. The van der Waals surface area contributed by atoms with Crippen LogP contribution in [0.25, 0.3) is 0 Å². The van der Waals surface area contributed by atoms with Crippen LogP contribution >= 0.6 is 12.6 Å². The Morgan fingerprint density at radius 1 is 1.40 bits per heavy atom. The molecule has 0 heterocycles. The molecule has 1 saturated carbocycles. The molecule has 0 aromatic carbocycles. The summed E-state index contributed by atoms with van der Waals surface area (Å²) < 4.78 is 0. The molecule has 15 heavy (non-hydrogen) atoms. The standard InChI is InChI=1S/C12H25NOS/c1-9(2)11(8-15)7-13(3)6-10-4-12(14)5-10/h9-12,14-15H,4-8H2,1-3H3. The molecule has 0 saturated heterocycles. The summed E-state index contributed by atoms with van der Waals surface area (Å²) in [6.45, 7) is 6.80. The molecule has 0 spiro atoms. The number of hydrogen-bond acceptors (Lipinski definition) is 3. The third kappa shape index (κ3) is 4.33. The fraction of sp³-hybridized carbons (Fsp3) is 1.00. The third-order valence-corrected chi connectivity index (χ3v) is 3.97. The van der Waals surface area contributed by atoms with Gasteiger partial charge in [-0.1, -0.05) is 13.8 Å². The molecule has 1 atom stereocenters. The van der Waals surface area contributed by atoms with E-state index in [1.807, 2.05) is 0 Å². The average Bonchev–Trinajstić information content (AvgIpc) is 2.11. The molecule has 0 radical (unpaired) electrons. The lowest BCUT2D eigenvalue weighted by Gasteiger charge is -2.36. The first-order chi connectivity index (χ1) is 7.02. The molecular formula is C12H25NOS. The van der Waals surface area contributed by atoms with Gasteiger partial charge in [-0.05, 0) is 43.4 Å². The van der Waals surface area contributed by atoms with Crippen molar-refractivity contribution < 1.29 is 5.11 Å². The van der Waals surface area contributed by atoms with Crippen molar-refractivity contribution in [2.24, 2.45) is 17.8 Å². The zero-order chi connectivity index (χ0) is 11.4. The van der Waals surface area contributed by atoms with Gasteiger partial charge in [-0.25, -0.2) is 0 Å². The highest BCUT2D eigenvalue weighted by molar-refractivity contribution is 7.80. The second kappa shape index (κ2) is 6.12. The van der Waals surface area contributed by atoms with Crippen LogP contribution in [0.1, 0.15) is 26.7 Å². The summed E-state index contributed by atoms with van der Waals surface area (Å²) in [6, 6.07) is 0. The van der Waals surface area contributed by atoms with Gasteiger partial charge in [0.2, 0.25) is 0 Å². The zero-order valence-corrected chi connectivity index (χ0v) is 11.1. The molecule has 0 bridgehead atoms. The maximum Gasteiger partial charge on any atom is 0.0546 e. The Morgan fingerprint density at radius 3 is 2.40 bits per heavy atom. The van der Waals surface area contributed by atoms with E-state index in [9.17, 15) is 5.11 Å². The Balaban J connectivity index is 2.19. The Labute approximate surface area is 99.5 Å². The van der Waals surface area contributed by atoms with Gasteiger partial charge < -0.3 is 10.0 Å². The Kier molecular flexibility index (Phi) is 5.44. The minimum Gasteiger partial charge on any atom is -0.393 e. The second-order valence-corrected chi connectivity index (χ2v) is 5.76. The summed E-state index contributed by atoms with van der Waals surface area (Å²) in [5.74, 6) is 3.08. The normalized spacial score (nSPS) is 28.2. The van der Waals surface area contributed by atoms with E-state index in [1.165, 1.54) is 0 Å². The van der Waals surface area contributed by atoms with Crippen molar-refractivity contribution in [1.82, 2.24) is 4.90 Å². The average molecular weight is 231 g/mol. The number of aliphatic hydroxyl groups is 1. The summed E-state index contributed by atoms with van der Waals surface area (Å²) in [4.78, 5) is 2.40. The zero-order valence-electron chi connectivity index (χ0n) is 10.2. The van der Waals surface area contributed by atoms with E-state index in [1.54, 1.807) is 0 Å². The summed E-state index contributed by atoms with van der Waals surface area (Å²) in [6.07, 6.45) is 1.98. The van der Waals surface area contributed by atoms with Crippen LogP contribution in [0.3, 0.4) is 0 Å². The maximum atomic E-state index is 9.22. The molecule has 1 fully saturated rings. The minimum atomic E-state index is -0.0193. The summed E-state index contributed by atoms with van der Waals surface area (Å²) in [5, 5.41) is 9.22. The Hall–Kier alpha value is 0.270. The van der Waals surface area contributed by atoms with Gasteiger partial charge in [-0.2, -0.15) is 12.6 Å². The molecule has 1 N–H and O–H groups in total. The van der Waals surface area contributed by atoms with Crippen LogP contribution in [0.4, 0.5) is 0 Å². The number of hydrogen-bond donors (Lipinski definition) is 2. The lowest BCUT2D eigenvalue weighted by molar-refractivity contribution is 0.0259. The molecule has 0 aromatic rings. The smallest absolute Gasteiger partial charge is 0.0546 e. The van der Waals surface area contributed by atoms with Gasteiger partial charge in [0.25, 0.3) is 0 Å². The van der Waals surface area contributed by atoms with E-state index in [4.69, 9.17) is 0 Å². The minimum absolute atomic E-state index is 0.0193. The largest absolute Gasteiger partial charge is 0.393 e. The molecule has 1 rings (SSSR count). The lowest BCUT2D eigenvalue weighted by Crippen LogP contribution is -2.39. The van der Waals surface area contributed by atoms with Crippen molar-refractivity contribution in [3.8, 4) is 0 Å². The quantitative estimate of drug-likeness (QED) is 0.682. The van der Waals surface area contributed by atoms with Gasteiger partial charge in [-0.15, -0.1) is 0 Å². The first-order valence-electron chi connectivity index (χ1n) is 6.00. The van der Waals surface area contributed by atoms with Crippen molar-refractivity contribution in [2.45, 2.75) is 32.8 Å². The van der Waals surface area contributed by atoms with Crippen molar-refractivity contribution >= 4 is 12.6 Å². The van der Waals surface area contributed by atoms with E-state index in [0.717, 1.165) is 37.6 Å². The predicted octanol–water partition coefficient (Wildman–Crippen LogP) is 1.89. The lowest BCUT2D eigenvalue weighted by atomic mass is 9.82. The molecule has 0 aromatic heterocycles. The van der Waals surface area contributed by atoms with Crippen LogP contribution in [-0.4, -0.2) is 42.0 Å². The van der Waals surface area contributed by atoms with E-state index in [-0.39, 0.29) is 6.10 Å². The van der Waals surface area contributed by atoms with E-state index < -0.39 is 0 Å². The SMILES string of the molecule is CC(C)C(CS)CN(C)CC1CC(O)C1. The first-order valence-corrected chi connectivity index (χ1v) is 6.63. The van der Waals surface area contributed by atoms with Gasteiger partial charge in [0, 0.05) is 13.1 Å². The van der Waals surface area contributed by atoms with E-state index in [0.29, 0.717) is 11.8 Å². The molecule has 0 amide bonds. The third-order valence-electron chi connectivity index (χ3n) is 3.50. The topological polar surface area (TPSA) is 23.5 Å². The van der Waals surface area contributed by atoms with Crippen LogP contribution in [0, 0.1) is 17.8 Å². The molecule has 1 unspecified atom stereocenters. The second-order valence-electron chi connectivity index (χ2n) is 5.40. The van der Waals surface area contributed by atoms with Gasteiger partial charge in [0.15, 0.2) is 0 Å². The highest BCUT2D eigenvalue weighted by Crippen LogP contribution is 2.28. The highest BCUT2D eigenvalue weighted by Gasteiger charge is 2.28. The Bertz CT molecular complexity index is 180. The van der Waals surface area contributed by atoms with Crippen molar-refractivity contribution in [1.29, 1.82) is 0 Å². The fourth-order valence-corrected chi connectivity index (χ4v) is 2.78. The van der Waals surface area contributed by atoms with Crippen molar-refractivity contribution in [2.75, 3.05) is 25.9 Å². The first kappa shape index (κ1) is 13.3. The monoisotopic (exact) mass is 231 g/mol. The van der Waals surface area contributed by atoms with E-state index in [2.05, 4.69) is 38.4 Å². The van der Waals surface area contributed by atoms with Crippen LogP contribution < -0.4 is 0 Å². The van der Waals surface area contributed by atoms with Gasteiger partial charge in [0.1, 0.15) is 0 Å². The van der Waals surface area contributed by atoms with Gasteiger partial charge in [-0.3, -0.25) is 0 Å². The van der Waals surface area contributed by atoms with Crippen molar-refractivity contribution in [3.63, 3.8) is 0 Å². The highest BCUT2D eigenvalue weighted by atomic mass is 32.1. The molecule has 2 nitrogen and oxygen atoms in total. The maximum absolute atomic E-state index is 9.22. The number of aliphatic hydroxyl groups excluding tert-OH is 1. The Morgan fingerprint density at radius 2 is 2.00 bits per heavy atom. The number of thiol groups is 1.